The summed E-state index contributed by atoms with van der Waals surface area (Å²) in [4.78, 5) is 12.2. The summed E-state index contributed by atoms with van der Waals surface area (Å²) in [6.45, 7) is 4.01. The van der Waals surface area contributed by atoms with Gasteiger partial charge >= 0.3 is 0 Å². The SMILES string of the molecule is CCc1ccc(C(C)N/C=C(/C#N)C(=O)Nc2ccc(S(N)(=O)=O)cc2)cc1. The second kappa shape index (κ2) is 9.17. The van der Waals surface area contributed by atoms with Gasteiger partial charge in [0, 0.05) is 17.9 Å². The van der Waals surface area contributed by atoms with E-state index in [1.807, 2.05) is 37.3 Å². The molecule has 146 valence electrons. The third-order valence-corrected chi connectivity index (χ3v) is 5.10. The molecule has 8 heteroatoms. The van der Waals surface area contributed by atoms with Crippen molar-refractivity contribution < 1.29 is 13.2 Å². The molecule has 0 aromatic heterocycles. The number of nitrogens with two attached hydrogens (primary N) is 1. The number of carbonyl (C=O) groups excluding carboxylic acids is 1. The van der Waals surface area contributed by atoms with Crippen molar-refractivity contribution in [2.75, 3.05) is 5.32 Å². The Morgan fingerprint density at radius 2 is 1.79 bits per heavy atom. The molecule has 2 rings (SSSR count). The van der Waals surface area contributed by atoms with Crippen molar-refractivity contribution >= 4 is 21.6 Å². The Morgan fingerprint density at radius 1 is 1.18 bits per heavy atom. The van der Waals surface area contributed by atoms with Gasteiger partial charge < -0.3 is 10.6 Å². The molecule has 1 amide bonds. The molecule has 0 radical (unpaired) electrons. The van der Waals surface area contributed by atoms with Crippen molar-refractivity contribution in [2.45, 2.75) is 31.2 Å². The lowest BCUT2D eigenvalue weighted by Gasteiger charge is -2.13. The van der Waals surface area contributed by atoms with E-state index in [2.05, 4.69) is 17.6 Å². The lowest BCUT2D eigenvalue weighted by atomic mass is 10.1. The van der Waals surface area contributed by atoms with E-state index >= 15 is 0 Å². The highest BCUT2D eigenvalue weighted by Gasteiger charge is 2.12. The molecule has 0 saturated carbocycles. The zero-order chi connectivity index (χ0) is 20.7. The number of nitrogens with one attached hydrogen (secondary N) is 2. The van der Waals surface area contributed by atoms with Gasteiger partial charge in [-0.1, -0.05) is 31.2 Å². The van der Waals surface area contributed by atoms with Crippen LogP contribution in [0.3, 0.4) is 0 Å². The van der Waals surface area contributed by atoms with Crippen LogP contribution in [0.4, 0.5) is 5.69 Å². The van der Waals surface area contributed by atoms with E-state index in [0.717, 1.165) is 12.0 Å². The predicted molar refractivity (Wildman–Crippen MR) is 108 cm³/mol. The van der Waals surface area contributed by atoms with E-state index in [1.165, 1.54) is 36.0 Å². The summed E-state index contributed by atoms with van der Waals surface area (Å²) in [5.74, 6) is -0.605. The second-order valence-electron chi connectivity index (χ2n) is 6.18. The van der Waals surface area contributed by atoms with Gasteiger partial charge in [0.2, 0.25) is 10.0 Å². The lowest BCUT2D eigenvalue weighted by molar-refractivity contribution is -0.112. The average molecular weight is 398 g/mol. The first-order chi connectivity index (χ1) is 13.2. The topological polar surface area (TPSA) is 125 Å². The fraction of sp³-hybridized carbons (Fsp3) is 0.200. The average Bonchev–Trinajstić information content (AvgIpc) is 2.68. The van der Waals surface area contributed by atoms with Crippen molar-refractivity contribution in [2.24, 2.45) is 5.14 Å². The van der Waals surface area contributed by atoms with Crippen LogP contribution in [0.15, 0.2) is 65.2 Å². The van der Waals surface area contributed by atoms with Gasteiger partial charge in [-0.15, -0.1) is 0 Å². The minimum Gasteiger partial charge on any atom is -0.383 e. The first-order valence-corrected chi connectivity index (χ1v) is 10.2. The third kappa shape index (κ3) is 5.67. The number of sulfonamides is 1. The van der Waals surface area contributed by atoms with Crippen LogP contribution in [0.2, 0.25) is 0 Å². The van der Waals surface area contributed by atoms with Crippen molar-refractivity contribution in [3.05, 3.63) is 71.4 Å². The van der Waals surface area contributed by atoms with E-state index in [0.29, 0.717) is 5.69 Å². The first-order valence-electron chi connectivity index (χ1n) is 8.64. The number of hydrogen-bond donors (Lipinski definition) is 3. The summed E-state index contributed by atoms with van der Waals surface area (Å²) in [7, 11) is -3.80. The maximum Gasteiger partial charge on any atom is 0.267 e. The van der Waals surface area contributed by atoms with Crippen molar-refractivity contribution in [1.29, 1.82) is 5.26 Å². The number of primary sulfonamides is 1. The predicted octanol–water partition coefficient (Wildman–Crippen LogP) is 2.59. The molecule has 0 fully saturated rings. The Kier molecular flexibility index (Phi) is 6.93. The molecule has 4 N–H and O–H groups in total. The molecule has 0 aliphatic carbocycles. The Labute approximate surface area is 164 Å². The van der Waals surface area contributed by atoms with Gasteiger partial charge in [-0.25, -0.2) is 13.6 Å². The number of anilines is 1. The standard InChI is InChI=1S/C20H22N4O3S/c1-3-15-4-6-16(7-5-15)14(2)23-13-17(12-21)20(25)24-18-8-10-19(11-9-18)28(22,26)27/h4-11,13-14,23H,3H2,1-2H3,(H,24,25)(H2,22,26,27)/b17-13-. The highest BCUT2D eigenvalue weighted by molar-refractivity contribution is 7.89. The molecule has 1 unspecified atom stereocenters. The van der Waals surface area contributed by atoms with Crippen molar-refractivity contribution in [1.82, 2.24) is 5.32 Å². The largest absolute Gasteiger partial charge is 0.383 e. The summed E-state index contributed by atoms with van der Waals surface area (Å²) >= 11 is 0. The van der Waals surface area contributed by atoms with E-state index in [9.17, 15) is 18.5 Å². The summed E-state index contributed by atoms with van der Waals surface area (Å²) in [6.07, 6.45) is 2.32. The normalized spacial score (nSPS) is 12.7. The maximum absolute atomic E-state index is 12.3. The first kappa shape index (κ1) is 21.2. The van der Waals surface area contributed by atoms with Gasteiger partial charge in [0.25, 0.3) is 5.91 Å². The Balaban J connectivity index is 2.04. The van der Waals surface area contributed by atoms with Gasteiger partial charge in [-0.3, -0.25) is 4.79 Å². The highest BCUT2D eigenvalue weighted by Crippen LogP contribution is 2.15. The minimum atomic E-state index is -3.80. The Bertz CT molecular complexity index is 1000. The number of nitrogens with zero attached hydrogens (tertiary/aromatic N) is 1. The van der Waals surface area contributed by atoms with E-state index in [1.54, 1.807) is 0 Å². The number of rotatable bonds is 7. The molecule has 2 aromatic carbocycles. The van der Waals surface area contributed by atoms with Crippen LogP contribution < -0.4 is 15.8 Å². The zero-order valence-corrected chi connectivity index (χ0v) is 16.5. The zero-order valence-electron chi connectivity index (χ0n) is 15.6. The molecule has 28 heavy (non-hydrogen) atoms. The third-order valence-electron chi connectivity index (χ3n) is 4.17. The summed E-state index contributed by atoms with van der Waals surface area (Å²) in [5.41, 5.74) is 2.51. The van der Waals surface area contributed by atoms with E-state index in [-0.39, 0.29) is 16.5 Å². The Hall–Kier alpha value is -3.15. The van der Waals surface area contributed by atoms with Crippen LogP contribution in [-0.4, -0.2) is 14.3 Å². The fourth-order valence-corrected chi connectivity index (χ4v) is 2.94. The maximum atomic E-state index is 12.3. The number of nitriles is 1. The van der Waals surface area contributed by atoms with Crippen LogP contribution in [0.1, 0.15) is 31.0 Å². The minimum absolute atomic E-state index is 0.0638. The molecular formula is C20H22N4O3S. The van der Waals surface area contributed by atoms with Crippen LogP contribution in [0, 0.1) is 11.3 Å². The fourth-order valence-electron chi connectivity index (χ4n) is 2.42. The van der Waals surface area contributed by atoms with Crippen LogP contribution >= 0.6 is 0 Å². The van der Waals surface area contributed by atoms with Crippen LogP contribution in [0.5, 0.6) is 0 Å². The molecule has 0 spiro atoms. The summed E-state index contributed by atoms with van der Waals surface area (Å²) < 4.78 is 22.5. The second-order valence-corrected chi connectivity index (χ2v) is 7.74. The molecule has 0 bridgehead atoms. The molecule has 2 aromatic rings. The van der Waals surface area contributed by atoms with Crippen LogP contribution in [-0.2, 0) is 21.2 Å². The van der Waals surface area contributed by atoms with E-state index < -0.39 is 15.9 Å². The molecule has 0 heterocycles. The monoisotopic (exact) mass is 398 g/mol. The lowest BCUT2D eigenvalue weighted by Crippen LogP contribution is -2.18. The molecule has 0 saturated heterocycles. The Morgan fingerprint density at radius 3 is 2.29 bits per heavy atom. The number of benzene rings is 2. The van der Waals surface area contributed by atoms with Gasteiger partial charge in [0.1, 0.15) is 11.6 Å². The van der Waals surface area contributed by atoms with Gasteiger partial charge in [-0.2, -0.15) is 5.26 Å². The smallest absolute Gasteiger partial charge is 0.267 e. The van der Waals surface area contributed by atoms with Crippen LogP contribution in [0.25, 0.3) is 0 Å². The van der Waals surface area contributed by atoms with Gasteiger partial charge in [0.05, 0.1) is 4.90 Å². The molecule has 0 aliphatic heterocycles. The van der Waals surface area contributed by atoms with Gasteiger partial charge in [0.15, 0.2) is 0 Å². The number of aryl methyl sites for hydroxylation is 1. The quantitative estimate of drug-likeness (QED) is 0.488. The van der Waals surface area contributed by atoms with Crippen molar-refractivity contribution in [3.63, 3.8) is 0 Å². The highest BCUT2D eigenvalue weighted by atomic mass is 32.2. The van der Waals surface area contributed by atoms with E-state index in [4.69, 9.17) is 5.14 Å². The molecule has 7 nitrogen and oxygen atoms in total. The van der Waals surface area contributed by atoms with Gasteiger partial charge in [-0.05, 0) is 48.7 Å². The summed E-state index contributed by atoms with van der Waals surface area (Å²) in [5, 5.41) is 19.9. The number of carbonyl (C=O) groups is 1. The summed E-state index contributed by atoms with van der Waals surface area (Å²) in [6, 6.07) is 15.2. The molecular weight excluding hydrogens is 376 g/mol. The number of hydrogen-bond acceptors (Lipinski definition) is 5. The molecule has 0 aliphatic rings. The van der Waals surface area contributed by atoms with Crippen molar-refractivity contribution in [3.8, 4) is 6.07 Å². The number of amides is 1. The molecule has 1 atom stereocenters.